The minimum absolute atomic E-state index is 0.00453. The van der Waals surface area contributed by atoms with Gasteiger partial charge in [-0.15, -0.1) is 0 Å². The van der Waals surface area contributed by atoms with Crippen LogP contribution in [0.1, 0.15) is 104 Å². The number of para-hydroxylation sites is 2. The summed E-state index contributed by atoms with van der Waals surface area (Å²) < 4.78 is 14.1. The highest BCUT2D eigenvalue weighted by molar-refractivity contribution is 6.94. The summed E-state index contributed by atoms with van der Waals surface area (Å²) in [7, 11) is 0. The molecule has 5 heteroatoms. The molecular formula is C64H59BN2O2. The summed E-state index contributed by atoms with van der Waals surface area (Å²) in [4.78, 5) is 5.30. The standard InChI is InChI=1S/C64H59BN2O2/c1-61(2,3)39-24-27-41(28-25-39)67-51-37-48-47(63(7,8)32-33-64(48,9)10)35-46(51)57-58-52(36-45-42-20-14-16-22-53(42)69-60(45)57)66(50-30-26-40(62(4,5)6)34-44(50)38-18-12-11-13-19-38)59-49(65(58)67)29-31-55-56(59)43-21-15-17-23-54(43)68-55/h11-31,34-37H,32-33H2,1-10H3. The predicted octanol–water partition coefficient (Wildman–Crippen LogP) is 16.8. The van der Waals surface area contributed by atoms with Gasteiger partial charge in [-0.25, -0.2) is 0 Å². The first kappa shape index (κ1) is 42.2. The van der Waals surface area contributed by atoms with Crippen molar-refractivity contribution in [3.8, 4) is 22.3 Å². The molecule has 1 aliphatic carbocycles. The number of benzene rings is 8. The van der Waals surface area contributed by atoms with Crippen LogP contribution in [0.3, 0.4) is 0 Å². The van der Waals surface area contributed by atoms with Gasteiger partial charge in [0.25, 0.3) is 0 Å². The summed E-state index contributed by atoms with van der Waals surface area (Å²) in [6.45, 7) is 23.4. The highest BCUT2D eigenvalue weighted by Crippen LogP contribution is 2.57. The molecule has 2 aliphatic heterocycles. The van der Waals surface area contributed by atoms with Crippen molar-refractivity contribution in [1.29, 1.82) is 0 Å². The van der Waals surface area contributed by atoms with Gasteiger partial charge in [-0.05, 0) is 134 Å². The molecule has 0 bridgehead atoms. The van der Waals surface area contributed by atoms with E-state index in [2.05, 4.69) is 231 Å². The lowest BCUT2D eigenvalue weighted by Gasteiger charge is -2.48. The molecule has 0 saturated heterocycles. The third kappa shape index (κ3) is 6.14. The van der Waals surface area contributed by atoms with Crippen LogP contribution in [0, 0.1) is 0 Å². The van der Waals surface area contributed by atoms with Gasteiger partial charge in [-0.1, -0.05) is 160 Å². The number of rotatable bonds is 3. The molecule has 4 nitrogen and oxygen atoms in total. The Bertz CT molecular complexity index is 3760. The van der Waals surface area contributed by atoms with Crippen LogP contribution >= 0.6 is 0 Å². The Hall–Kier alpha value is -6.98. The molecule has 0 atom stereocenters. The molecule has 13 rings (SSSR count). The number of nitrogens with zero attached hydrogens (tertiary/aromatic N) is 2. The fraction of sp³-hybridized carbons (Fsp3) is 0.250. The summed E-state index contributed by atoms with van der Waals surface area (Å²) in [6, 6.07) is 57.1. The minimum Gasteiger partial charge on any atom is -0.456 e. The van der Waals surface area contributed by atoms with E-state index in [0.29, 0.717) is 0 Å². The second-order valence-corrected chi connectivity index (χ2v) is 23.6. The first-order valence-electron chi connectivity index (χ1n) is 25.0. The van der Waals surface area contributed by atoms with Crippen LogP contribution in [-0.4, -0.2) is 6.85 Å². The van der Waals surface area contributed by atoms with Crippen LogP contribution in [0.25, 0.3) is 66.1 Å². The molecule has 0 N–H and O–H groups in total. The van der Waals surface area contributed by atoms with Crippen LogP contribution in [0.4, 0.5) is 28.4 Å². The number of hydrogen-bond donors (Lipinski definition) is 0. The quantitative estimate of drug-likeness (QED) is 0.165. The molecule has 10 aromatic rings. The average Bonchev–Trinajstić information content (AvgIpc) is 3.91. The van der Waals surface area contributed by atoms with Crippen molar-refractivity contribution in [2.45, 2.75) is 104 Å². The molecule has 2 aromatic heterocycles. The fourth-order valence-electron chi connectivity index (χ4n) is 12.3. The Labute approximate surface area is 406 Å². The Kier molecular flexibility index (Phi) is 8.73. The van der Waals surface area contributed by atoms with Gasteiger partial charge in [0.2, 0.25) is 0 Å². The molecule has 0 unspecified atom stereocenters. The molecule has 0 amide bonds. The third-order valence-electron chi connectivity index (χ3n) is 16.2. The monoisotopic (exact) mass is 898 g/mol. The van der Waals surface area contributed by atoms with Crippen molar-refractivity contribution in [3.63, 3.8) is 0 Å². The minimum atomic E-state index is -0.225. The van der Waals surface area contributed by atoms with Crippen LogP contribution < -0.4 is 20.6 Å². The van der Waals surface area contributed by atoms with Gasteiger partial charge >= 0.3 is 6.85 Å². The second kappa shape index (κ2) is 14.3. The van der Waals surface area contributed by atoms with E-state index >= 15 is 0 Å². The molecule has 3 aliphatic rings. The summed E-state index contributed by atoms with van der Waals surface area (Å²) in [5, 5.41) is 4.47. The number of furan rings is 2. The summed E-state index contributed by atoms with van der Waals surface area (Å²) in [5.74, 6) is 0. The van der Waals surface area contributed by atoms with Crippen LogP contribution in [0.5, 0.6) is 0 Å². The van der Waals surface area contributed by atoms with Crippen molar-refractivity contribution in [2.24, 2.45) is 0 Å². The number of fused-ring (bicyclic) bond motifs is 13. The van der Waals surface area contributed by atoms with Crippen LogP contribution in [-0.2, 0) is 21.7 Å². The van der Waals surface area contributed by atoms with E-state index in [1.165, 1.54) is 66.8 Å². The maximum Gasteiger partial charge on any atom is 0.333 e. The van der Waals surface area contributed by atoms with Gasteiger partial charge in [0.15, 0.2) is 0 Å². The largest absolute Gasteiger partial charge is 0.456 e. The molecule has 4 heterocycles. The van der Waals surface area contributed by atoms with Gasteiger partial charge in [0.05, 0.1) is 16.8 Å². The van der Waals surface area contributed by atoms with Gasteiger partial charge in [0.1, 0.15) is 22.3 Å². The zero-order valence-corrected chi connectivity index (χ0v) is 41.6. The first-order chi connectivity index (χ1) is 33.0. The second-order valence-electron chi connectivity index (χ2n) is 23.6. The molecule has 0 radical (unpaired) electrons. The Morgan fingerprint density at radius 2 is 1.13 bits per heavy atom. The van der Waals surface area contributed by atoms with Crippen molar-refractivity contribution < 1.29 is 8.83 Å². The average molecular weight is 899 g/mol. The van der Waals surface area contributed by atoms with E-state index in [1.807, 2.05) is 0 Å². The maximum absolute atomic E-state index is 7.25. The first-order valence-corrected chi connectivity index (χ1v) is 25.0. The van der Waals surface area contributed by atoms with E-state index < -0.39 is 0 Å². The number of hydrogen-bond acceptors (Lipinski definition) is 4. The molecule has 0 fully saturated rings. The van der Waals surface area contributed by atoms with Crippen molar-refractivity contribution in [3.05, 3.63) is 174 Å². The van der Waals surface area contributed by atoms with E-state index in [4.69, 9.17) is 8.83 Å². The van der Waals surface area contributed by atoms with Crippen molar-refractivity contribution in [2.75, 3.05) is 9.71 Å². The molecular weight excluding hydrogens is 840 g/mol. The van der Waals surface area contributed by atoms with E-state index in [0.717, 1.165) is 73.8 Å². The smallest absolute Gasteiger partial charge is 0.333 e. The van der Waals surface area contributed by atoms with Gasteiger partial charge in [-0.2, -0.15) is 0 Å². The maximum atomic E-state index is 7.25. The van der Waals surface area contributed by atoms with Crippen molar-refractivity contribution in [1.82, 2.24) is 0 Å². The fourth-order valence-corrected chi connectivity index (χ4v) is 12.3. The van der Waals surface area contributed by atoms with Gasteiger partial charge in [0, 0.05) is 49.9 Å². The predicted molar refractivity (Wildman–Crippen MR) is 293 cm³/mol. The highest BCUT2D eigenvalue weighted by atomic mass is 16.3. The lowest BCUT2D eigenvalue weighted by Crippen LogP contribution is -2.61. The van der Waals surface area contributed by atoms with Gasteiger partial charge in [-0.3, -0.25) is 0 Å². The van der Waals surface area contributed by atoms with Crippen LogP contribution in [0.2, 0.25) is 0 Å². The topological polar surface area (TPSA) is 32.8 Å². The van der Waals surface area contributed by atoms with Gasteiger partial charge < -0.3 is 18.5 Å². The molecule has 0 saturated carbocycles. The third-order valence-corrected chi connectivity index (χ3v) is 16.2. The zero-order chi connectivity index (χ0) is 47.5. The van der Waals surface area contributed by atoms with Crippen LogP contribution in [0.15, 0.2) is 160 Å². The van der Waals surface area contributed by atoms with E-state index in [1.54, 1.807) is 0 Å². The van der Waals surface area contributed by atoms with E-state index in [9.17, 15) is 0 Å². The molecule has 8 aromatic carbocycles. The summed E-state index contributed by atoms with van der Waals surface area (Å²) in [6.07, 6.45) is 2.26. The lowest BCUT2D eigenvalue weighted by molar-refractivity contribution is 0.332. The SMILES string of the molecule is CC(C)(C)c1ccc(N2B3c4ccc5oc6ccccc6c5c4N(c4ccc(C(C)(C)C)cc4-c4ccccc4)c4cc5c(oc6ccccc65)c(c43)-c3cc4c(cc32)C(C)(C)CCC4(C)C)cc1. The van der Waals surface area contributed by atoms with E-state index in [-0.39, 0.29) is 28.5 Å². The summed E-state index contributed by atoms with van der Waals surface area (Å²) in [5.41, 5.74) is 22.1. The number of anilines is 5. The Morgan fingerprint density at radius 3 is 1.83 bits per heavy atom. The zero-order valence-electron chi connectivity index (χ0n) is 41.6. The Morgan fingerprint density at radius 1 is 0.507 bits per heavy atom. The Balaban J connectivity index is 1.25. The molecule has 0 spiro atoms. The summed E-state index contributed by atoms with van der Waals surface area (Å²) >= 11 is 0. The lowest BCUT2D eigenvalue weighted by atomic mass is 9.43. The highest BCUT2D eigenvalue weighted by Gasteiger charge is 2.49. The normalized spacial score (nSPS) is 16.0. The molecule has 340 valence electrons. The molecule has 69 heavy (non-hydrogen) atoms. The van der Waals surface area contributed by atoms with Crippen molar-refractivity contribution >= 4 is 90.1 Å².